The van der Waals surface area contributed by atoms with E-state index in [1.165, 1.54) is 95.9 Å². The second-order valence-electron chi connectivity index (χ2n) is 7.75. The van der Waals surface area contributed by atoms with Gasteiger partial charge in [-0.15, -0.1) is 0 Å². The van der Waals surface area contributed by atoms with Crippen LogP contribution in [0, 0.1) is 0 Å². The third-order valence-electron chi connectivity index (χ3n) is 4.61. The van der Waals surface area contributed by atoms with E-state index in [0.29, 0.717) is 6.54 Å². The topological polar surface area (TPSA) is 29.4 Å². The molecule has 0 saturated heterocycles. The highest BCUT2D eigenvalue weighted by Gasteiger charge is 2.15. The van der Waals surface area contributed by atoms with Crippen molar-refractivity contribution >= 4 is 24.5 Å². The van der Waals surface area contributed by atoms with E-state index in [4.69, 9.17) is 11.1 Å². The van der Waals surface area contributed by atoms with Crippen molar-refractivity contribution in [3.8, 4) is 0 Å². The number of unbranched alkanes of at least 4 members (excludes halogenated alkanes) is 14. The fourth-order valence-corrected chi connectivity index (χ4v) is 4.57. The molecule has 0 rings (SSSR count). The molecule has 2 nitrogen and oxygen atoms in total. The number of isocyanates is 1. The van der Waals surface area contributed by atoms with Crippen LogP contribution in [0.3, 0.4) is 0 Å². The van der Waals surface area contributed by atoms with Gasteiger partial charge in [0.2, 0.25) is 6.08 Å². The Morgan fingerprint density at radius 3 is 1.33 bits per heavy atom. The van der Waals surface area contributed by atoms with Gasteiger partial charge >= 0.3 is 0 Å². The molecule has 0 spiro atoms. The van der Waals surface area contributed by atoms with Crippen LogP contribution >= 0.6 is 11.1 Å². The highest BCUT2D eigenvalue weighted by atomic mass is 35.6. The molecule has 0 saturated carbocycles. The summed E-state index contributed by atoms with van der Waals surface area (Å²) in [5.74, 6) is 0. The molecule has 4 heteroatoms. The maximum atomic E-state index is 9.90. The van der Waals surface area contributed by atoms with Crippen molar-refractivity contribution < 1.29 is 4.79 Å². The molecule has 0 aromatic carbocycles. The molecule has 0 aliphatic heterocycles. The number of hydrogen-bond donors (Lipinski definition) is 0. The molecular formula is C20H40ClNOSi. The van der Waals surface area contributed by atoms with Gasteiger partial charge in [-0.1, -0.05) is 103 Å². The summed E-state index contributed by atoms with van der Waals surface area (Å²) >= 11 is 6.33. The van der Waals surface area contributed by atoms with E-state index in [0.717, 1.165) is 6.42 Å². The molecule has 0 aliphatic rings. The summed E-state index contributed by atoms with van der Waals surface area (Å²) in [6.07, 6.45) is 21.9. The van der Waals surface area contributed by atoms with Crippen LogP contribution in [0.25, 0.3) is 0 Å². The molecule has 0 aromatic rings. The Morgan fingerprint density at radius 2 is 1.00 bits per heavy atom. The standard InChI is InChI=1S/C20H40ClNOSi/c1-24(2,21)19-17-15-13-11-9-7-5-3-4-6-8-10-12-14-16-18-22-20-23/h3-19H2,1-2H3. The molecule has 0 bridgehead atoms. The third-order valence-corrected chi connectivity index (χ3v) is 6.72. The smallest absolute Gasteiger partial charge is 0.211 e. The Hall–Kier alpha value is -0.113. The monoisotopic (exact) mass is 373 g/mol. The van der Waals surface area contributed by atoms with Crippen LogP contribution in [0.1, 0.15) is 96.3 Å². The van der Waals surface area contributed by atoms with Gasteiger partial charge in [-0.05, 0) is 12.5 Å². The van der Waals surface area contributed by atoms with Gasteiger partial charge < -0.3 is 0 Å². The number of halogens is 1. The lowest BCUT2D eigenvalue weighted by Crippen LogP contribution is -2.14. The van der Waals surface area contributed by atoms with E-state index >= 15 is 0 Å². The first kappa shape index (κ1) is 23.9. The van der Waals surface area contributed by atoms with Crippen molar-refractivity contribution in [2.75, 3.05) is 6.54 Å². The Bertz CT molecular complexity index is 311. The molecule has 0 N–H and O–H groups in total. The average molecular weight is 374 g/mol. The summed E-state index contributed by atoms with van der Waals surface area (Å²) in [5, 5.41) is 0. The Balaban J connectivity index is 3.04. The number of carbonyl (C=O) groups excluding carboxylic acids is 1. The molecular weight excluding hydrogens is 334 g/mol. The van der Waals surface area contributed by atoms with E-state index in [2.05, 4.69) is 18.1 Å². The maximum Gasteiger partial charge on any atom is 0.234 e. The van der Waals surface area contributed by atoms with Crippen molar-refractivity contribution in [1.29, 1.82) is 0 Å². The molecule has 0 heterocycles. The van der Waals surface area contributed by atoms with Crippen molar-refractivity contribution in [3.63, 3.8) is 0 Å². The molecule has 0 atom stereocenters. The lowest BCUT2D eigenvalue weighted by Gasteiger charge is -2.11. The van der Waals surface area contributed by atoms with Crippen LogP contribution in [-0.2, 0) is 4.79 Å². The fraction of sp³-hybridized carbons (Fsp3) is 0.950. The van der Waals surface area contributed by atoms with Crippen molar-refractivity contribution in [3.05, 3.63) is 0 Å². The number of rotatable bonds is 18. The summed E-state index contributed by atoms with van der Waals surface area (Å²) in [7, 11) is -1.31. The van der Waals surface area contributed by atoms with Gasteiger partial charge in [0.15, 0.2) is 0 Å². The normalized spacial score (nSPS) is 11.5. The zero-order chi connectivity index (χ0) is 17.9. The summed E-state index contributed by atoms with van der Waals surface area (Å²) in [6, 6.07) is 1.28. The minimum atomic E-state index is -1.31. The van der Waals surface area contributed by atoms with Crippen molar-refractivity contribution in [1.82, 2.24) is 0 Å². The van der Waals surface area contributed by atoms with Gasteiger partial charge in [0.05, 0.1) is 6.54 Å². The first-order chi connectivity index (χ1) is 11.6. The summed E-state index contributed by atoms with van der Waals surface area (Å²) in [6.45, 7) is 5.16. The maximum absolute atomic E-state index is 9.90. The van der Waals surface area contributed by atoms with E-state index in [9.17, 15) is 4.79 Å². The molecule has 24 heavy (non-hydrogen) atoms. The zero-order valence-corrected chi connectivity index (χ0v) is 18.0. The second-order valence-corrected chi connectivity index (χ2v) is 14.8. The zero-order valence-electron chi connectivity index (χ0n) is 16.3. The molecule has 142 valence electrons. The Kier molecular flexibility index (Phi) is 17.6. The highest BCUT2D eigenvalue weighted by Crippen LogP contribution is 2.19. The first-order valence-electron chi connectivity index (χ1n) is 10.3. The molecule has 0 aromatic heterocycles. The number of nitrogens with zero attached hydrogens (tertiary/aromatic N) is 1. The highest BCUT2D eigenvalue weighted by molar-refractivity contribution is 7.19. The third kappa shape index (κ3) is 21.9. The fourth-order valence-electron chi connectivity index (χ4n) is 3.08. The summed E-state index contributed by atoms with van der Waals surface area (Å²) in [4.78, 5) is 13.5. The van der Waals surface area contributed by atoms with Crippen molar-refractivity contribution in [2.24, 2.45) is 4.99 Å². The number of aliphatic imine (C=N–C) groups is 1. The van der Waals surface area contributed by atoms with Crippen LogP contribution < -0.4 is 0 Å². The quantitative estimate of drug-likeness (QED) is 0.0798. The van der Waals surface area contributed by atoms with E-state index in [1.54, 1.807) is 6.08 Å². The van der Waals surface area contributed by atoms with E-state index < -0.39 is 7.38 Å². The summed E-state index contributed by atoms with van der Waals surface area (Å²) in [5.41, 5.74) is 0. The predicted molar refractivity (Wildman–Crippen MR) is 110 cm³/mol. The van der Waals surface area contributed by atoms with Crippen molar-refractivity contribution in [2.45, 2.75) is 115 Å². The van der Waals surface area contributed by atoms with Gasteiger partial charge in [0.25, 0.3) is 0 Å². The molecule has 0 unspecified atom stereocenters. The summed E-state index contributed by atoms with van der Waals surface area (Å²) < 4.78 is 0. The Labute approximate surface area is 156 Å². The van der Waals surface area contributed by atoms with Crippen LogP contribution in [0.15, 0.2) is 4.99 Å². The lowest BCUT2D eigenvalue weighted by atomic mass is 10.0. The van der Waals surface area contributed by atoms with Crippen LogP contribution in [0.2, 0.25) is 19.1 Å². The molecule has 0 radical (unpaired) electrons. The van der Waals surface area contributed by atoms with Gasteiger partial charge in [0, 0.05) is 0 Å². The van der Waals surface area contributed by atoms with Gasteiger partial charge in [-0.3, -0.25) is 0 Å². The van der Waals surface area contributed by atoms with E-state index in [1.807, 2.05) is 0 Å². The predicted octanol–water partition coefficient (Wildman–Crippen LogP) is 7.62. The largest absolute Gasteiger partial charge is 0.234 e. The van der Waals surface area contributed by atoms with Crippen LogP contribution in [-0.4, -0.2) is 20.0 Å². The second kappa shape index (κ2) is 17.7. The van der Waals surface area contributed by atoms with Gasteiger partial charge in [-0.2, -0.15) is 11.1 Å². The number of hydrogen-bond acceptors (Lipinski definition) is 2. The minimum Gasteiger partial charge on any atom is -0.211 e. The molecule has 0 aliphatic carbocycles. The van der Waals surface area contributed by atoms with Crippen LogP contribution in [0.5, 0.6) is 0 Å². The Morgan fingerprint density at radius 1 is 0.667 bits per heavy atom. The first-order valence-corrected chi connectivity index (χ1v) is 14.5. The molecule has 0 fully saturated rings. The lowest BCUT2D eigenvalue weighted by molar-refractivity contribution is 0.532. The van der Waals surface area contributed by atoms with E-state index in [-0.39, 0.29) is 0 Å². The van der Waals surface area contributed by atoms with Gasteiger partial charge in [-0.25, -0.2) is 9.79 Å². The minimum absolute atomic E-state index is 0.663. The van der Waals surface area contributed by atoms with Gasteiger partial charge in [0.1, 0.15) is 7.38 Å². The molecule has 0 amide bonds. The van der Waals surface area contributed by atoms with Crippen LogP contribution in [0.4, 0.5) is 0 Å². The SMILES string of the molecule is C[Si](C)(Cl)CCCCCCCCCCCCCCCCCN=C=O. The average Bonchev–Trinajstić information content (AvgIpc) is 2.52.